The van der Waals surface area contributed by atoms with Crippen molar-refractivity contribution < 1.29 is 0 Å². The molecular formula is C26H29NO. The fourth-order valence-corrected chi connectivity index (χ4v) is 4.64. The minimum absolute atomic E-state index is 0.122. The number of aromatic nitrogens is 1. The molecule has 0 saturated heterocycles. The lowest BCUT2D eigenvalue weighted by atomic mass is 9.91. The van der Waals surface area contributed by atoms with Gasteiger partial charge in [-0.25, -0.2) is 0 Å². The van der Waals surface area contributed by atoms with E-state index < -0.39 is 5.54 Å². The monoisotopic (exact) mass is 371 g/mol. The summed E-state index contributed by atoms with van der Waals surface area (Å²) in [4.78, 5) is 13.7. The number of hydrogen-bond acceptors (Lipinski definition) is 1. The summed E-state index contributed by atoms with van der Waals surface area (Å²) in [5.41, 5.74) is 5.43. The Bertz CT molecular complexity index is 1030. The Morgan fingerprint density at radius 1 is 0.893 bits per heavy atom. The molecule has 0 spiro atoms. The lowest BCUT2D eigenvalue weighted by molar-refractivity contribution is 0.422. The minimum atomic E-state index is -0.400. The van der Waals surface area contributed by atoms with E-state index in [4.69, 9.17) is 0 Å². The second-order valence-electron chi connectivity index (χ2n) is 8.38. The number of hydrogen-bond donors (Lipinski definition) is 0. The predicted molar refractivity (Wildman–Crippen MR) is 117 cm³/mol. The van der Waals surface area contributed by atoms with Crippen molar-refractivity contribution in [3.63, 3.8) is 0 Å². The van der Waals surface area contributed by atoms with Gasteiger partial charge in [0.25, 0.3) is 5.56 Å². The highest BCUT2D eigenvalue weighted by Crippen LogP contribution is 2.45. The van der Waals surface area contributed by atoms with Crippen LogP contribution in [0.15, 0.2) is 71.7 Å². The lowest BCUT2D eigenvalue weighted by Gasteiger charge is -2.29. The molecule has 28 heavy (non-hydrogen) atoms. The maximum atomic E-state index is 13.7. The van der Waals surface area contributed by atoms with Crippen LogP contribution in [0.5, 0.6) is 0 Å². The van der Waals surface area contributed by atoms with Crippen molar-refractivity contribution in [1.29, 1.82) is 0 Å². The molecule has 0 N–H and O–H groups in total. The van der Waals surface area contributed by atoms with E-state index in [-0.39, 0.29) is 5.56 Å². The summed E-state index contributed by atoms with van der Waals surface area (Å²) in [7, 11) is 0. The van der Waals surface area contributed by atoms with E-state index >= 15 is 0 Å². The van der Waals surface area contributed by atoms with Crippen LogP contribution in [-0.4, -0.2) is 4.57 Å². The SMILES string of the molecule is CCCCCC1c2ccccc2-c2c1ccn(C(C)(C)c1ccccc1)c2=O. The molecule has 144 valence electrons. The maximum absolute atomic E-state index is 13.7. The van der Waals surface area contributed by atoms with Crippen LogP contribution in [-0.2, 0) is 5.54 Å². The second kappa shape index (κ2) is 7.43. The van der Waals surface area contributed by atoms with Gasteiger partial charge in [0.1, 0.15) is 0 Å². The van der Waals surface area contributed by atoms with Gasteiger partial charge in [-0.3, -0.25) is 4.79 Å². The van der Waals surface area contributed by atoms with E-state index in [9.17, 15) is 4.79 Å². The number of benzene rings is 2. The summed E-state index contributed by atoms with van der Waals surface area (Å²) in [6.07, 6.45) is 6.78. The van der Waals surface area contributed by atoms with Crippen LogP contribution < -0.4 is 5.56 Å². The van der Waals surface area contributed by atoms with Gasteiger partial charge in [0.05, 0.1) is 11.1 Å². The smallest absolute Gasteiger partial charge is 0.259 e. The summed E-state index contributed by atoms with van der Waals surface area (Å²) in [5.74, 6) is 0.347. The highest BCUT2D eigenvalue weighted by molar-refractivity contribution is 5.78. The third kappa shape index (κ3) is 3.01. The number of pyridine rings is 1. The highest BCUT2D eigenvalue weighted by Gasteiger charge is 2.33. The van der Waals surface area contributed by atoms with E-state index in [0.29, 0.717) is 5.92 Å². The first-order valence-corrected chi connectivity index (χ1v) is 10.5. The zero-order valence-electron chi connectivity index (χ0n) is 17.1. The van der Waals surface area contributed by atoms with Gasteiger partial charge < -0.3 is 4.57 Å². The van der Waals surface area contributed by atoms with Crippen LogP contribution in [0, 0.1) is 0 Å². The van der Waals surface area contributed by atoms with Crippen molar-refractivity contribution in [1.82, 2.24) is 4.57 Å². The van der Waals surface area contributed by atoms with Gasteiger partial charge in [-0.15, -0.1) is 0 Å². The Labute approximate surface area is 167 Å². The van der Waals surface area contributed by atoms with E-state index in [1.165, 1.54) is 30.4 Å². The first-order valence-electron chi connectivity index (χ1n) is 10.5. The molecule has 0 radical (unpaired) electrons. The molecule has 3 aromatic rings. The van der Waals surface area contributed by atoms with E-state index in [1.54, 1.807) is 0 Å². The third-order valence-corrected chi connectivity index (χ3v) is 6.28. The van der Waals surface area contributed by atoms with Crippen LogP contribution in [0.2, 0.25) is 0 Å². The Morgan fingerprint density at radius 2 is 1.61 bits per heavy atom. The Hall–Kier alpha value is -2.61. The summed E-state index contributed by atoms with van der Waals surface area (Å²) >= 11 is 0. The number of rotatable bonds is 6. The zero-order chi connectivity index (χ0) is 19.7. The summed E-state index contributed by atoms with van der Waals surface area (Å²) in [6, 6.07) is 21.0. The van der Waals surface area contributed by atoms with Crippen LogP contribution >= 0.6 is 0 Å². The molecule has 0 fully saturated rings. The van der Waals surface area contributed by atoms with Crippen molar-refractivity contribution in [3.05, 3.63) is 93.9 Å². The van der Waals surface area contributed by atoms with Crippen molar-refractivity contribution in [2.24, 2.45) is 0 Å². The Morgan fingerprint density at radius 3 is 2.36 bits per heavy atom. The molecule has 1 aromatic heterocycles. The summed E-state index contributed by atoms with van der Waals surface area (Å²) in [6.45, 7) is 6.48. The Kier molecular flexibility index (Phi) is 4.97. The van der Waals surface area contributed by atoms with Crippen LogP contribution in [0.4, 0.5) is 0 Å². The highest BCUT2D eigenvalue weighted by atomic mass is 16.1. The average molecular weight is 372 g/mol. The van der Waals surface area contributed by atoms with Crippen molar-refractivity contribution in [2.75, 3.05) is 0 Å². The fraction of sp³-hybridized carbons (Fsp3) is 0.346. The molecule has 1 aliphatic rings. The minimum Gasteiger partial charge on any atom is -0.305 e. The molecule has 2 aromatic carbocycles. The van der Waals surface area contributed by atoms with Crippen molar-refractivity contribution in [2.45, 2.75) is 57.9 Å². The van der Waals surface area contributed by atoms with E-state index in [0.717, 1.165) is 23.1 Å². The van der Waals surface area contributed by atoms with Gasteiger partial charge in [0.15, 0.2) is 0 Å². The third-order valence-electron chi connectivity index (χ3n) is 6.28. The molecule has 2 heteroatoms. The molecule has 1 heterocycles. The van der Waals surface area contributed by atoms with Gasteiger partial charge in [0, 0.05) is 12.1 Å². The van der Waals surface area contributed by atoms with Crippen LogP contribution in [0.25, 0.3) is 11.1 Å². The number of fused-ring (bicyclic) bond motifs is 3. The molecule has 4 rings (SSSR count). The van der Waals surface area contributed by atoms with Crippen molar-refractivity contribution >= 4 is 0 Å². The normalized spacial score (nSPS) is 15.3. The molecule has 0 amide bonds. The van der Waals surface area contributed by atoms with Gasteiger partial charge >= 0.3 is 0 Å². The largest absolute Gasteiger partial charge is 0.305 e. The second-order valence-corrected chi connectivity index (χ2v) is 8.38. The van der Waals surface area contributed by atoms with E-state index in [1.807, 2.05) is 29.0 Å². The van der Waals surface area contributed by atoms with Gasteiger partial charge in [-0.2, -0.15) is 0 Å². The molecular weight excluding hydrogens is 342 g/mol. The first kappa shape index (κ1) is 18.7. The van der Waals surface area contributed by atoms with Crippen molar-refractivity contribution in [3.8, 4) is 11.1 Å². The fourth-order valence-electron chi connectivity index (χ4n) is 4.64. The maximum Gasteiger partial charge on any atom is 0.259 e. The summed E-state index contributed by atoms with van der Waals surface area (Å²) in [5, 5.41) is 0. The molecule has 1 atom stereocenters. The summed E-state index contributed by atoms with van der Waals surface area (Å²) < 4.78 is 1.91. The van der Waals surface area contributed by atoms with Gasteiger partial charge in [-0.05, 0) is 48.6 Å². The predicted octanol–water partition coefficient (Wildman–Crippen LogP) is 6.32. The van der Waals surface area contributed by atoms with Crippen LogP contribution in [0.3, 0.4) is 0 Å². The molecule has 1 aliphatic carbocycles. The van der Waals surface area contributed by atoms with E-state index in [2.05, 4.69) is 63.2 Å². The number of nitrogens with zero attached hydrogens (tertiary/aromatic N) is 1. The molecule has 0 aliphatic heterocycles. The standard InChI is InChI=1S/C26H29NO/c1-4-5-7-14-21-20-15-10-11-16-22(20)24-23(21)17-18-27(25(24)28)26(2,3)19-12-8-6-9-13-19/h6,8-13,15-18,21H,4-5,7,14H2,1-3H3. The molecule has 0 bridgehead atoms. The lowest BCUT2D eigenvalue weighted by Crippen LogP contribution is -2.37. The molecule has 0 saturated carbocycles. The molecule has 2 nitrogen and oxygen atoms in total. The first-order chi connectivity index (χ1) is 13.6. The molecule has 1 unspecified atom stereocenters. The van der Waals surface area contributed by atoms with Crippen LogP contribution in [0.1, 0.15) is 69.1 Å². The topological polar surface area (TPSA) is 22.0 Å². The quantitative estimate of drug-likeness (QED) is 0.464. The van der Waals surface area contributed by atoms with Gasteiger partial charge in [0.2, 0.25) is 0 Å². The van der Waals surface area contributed by atoms with Gasteiger partial charge in [-0.1, -0.05) is 80.8 Å². The average Bonchev–Trinajstić information content (AvgIpc) is 3.04. The zero-order valence-corrected chi connectivity index (χ0v) is 17.1. The Balaban J connectivity index is 1.84. The number of unbranched alkanes of at least 4 members (excludes halogenated alkanes) is 2.